The van der Waals surface area contributed by atoms with Crippen LogP contribution >= 0.6 is 0 Å². The van der Waals surface area contributed by atoms with Crippen LogP contribution in [0.25, 0.3) is 10.9 Å². The first-order chi connectivity index (χ1) is 15.4. The van der Waals surface area contributed by atoms with Gasteiger partial charge in [-0.2, -0.15) is 5.10 Å². The normalized spacial score (nSPS) is 12.1. The summed E-state index contributed by atoms with van der Waals surface area (Å²) >= 11 is 0. The molecule has 4 aromatic rings. The Balaban J connectivity index is 1.80. The van der Waals surface area contributed by atoms with Gasteiger partial charge in [-0.15, -0.1) is 0 Å². The minimum Gasteiger partial charge on any atom is -0.369 e. The smallest absolute Gasteiger partial charge is 0.268 e. The first-order valence-corrected chi connectivity index (χ1v) is 11.3. The van der Waals surface area contributed by atoms with Crippen molar-refractivity contribution < 1.29 is 8.42 Å². The molecular formula is C23H22N6O2S. The molecule has 0 bridgehead atoms. The van der Waals surface area contributed by atoms with E-state index in [0.717, 1.165) is 5.39 Å². The highest BCUT2D eigenvalue weighted by molar-refractivity contribution is 7.90. The third-order valence-corrected chi connectivity index (χ3v) is 6.64. The van der Waals surface area contributed by atoms with Crippen LogP contribution in [0.3, 0.4) is 0 Å². The fourth-order valence-electron chi connectivity index (χ4n) is 3.40. The fraction of sp³-hybridized carbons (Fsp3) is 0.0870. The molecule has 0 fully saturated rings. The van der Waals surface area contributed by atoms with Crippen LogP contribution in [0.4, 0.5) is 0 Å². The number of benzene rings is 2. The van der Waals surface area contributed by atoms with E-state index in [2.05, 4.69) is 10.1 Å². The minimum atomic E-state index is -3.80. The number of nitrogens with two attached hydrogens (primary N) is 1. The Hall–Kier alpha value is -3.98. The van der Waals surface area contributed by atoms with Crippen molar-refractivity contribution >= 4 is 32.6 Å². The Bertz CT molecular complexity index is 1400. The van der Waals surface area contributed by atoms with Crippen LogP contribution < -0.4 is 5.73 Å². The van der Waals surface area contributed by atoms with Crippen molar-refractivity contribution in [3.63, 3.8) is 0 Å². The Morgan fingerprint density at radius 2 is 1.75 bits per heavy atom. The number of nitrogens with one attached hydrogen (secondary N) is 1. The van der Waals surface area contributed by atoms with Gasteiger partial charge in [-0.05, 0) is 37.3 Å². The number of aromatic nitrogens is 2. The topological polar surface area (TPSA) is 117 Å². The number of guanidine groups is 1. The molecule has 9 heteroatoms. The second kappa shape index (κ2) is 8.64. The van der Waals surface area contributed by atoms with Crippen LogP contribution in [0.1, 0.15) is 18.2 Å². The van der Waals surface area contributed by atoms with E-state index >= 15 is 0 Å². The van der Waals surface area contributed by atoms with Gasteiger partial charge in [0.2, 0.25) is 5.96 Å². The molecule has 0 aliphatic heterocycles. The zero-order valence-corrected chi connectivity index (χ0v) is 18.2. The van der Waals surface area contributed by atoms with E-state index in [1.807, 2.05) is 24.3 Å². The molecule has 0 saturated heterocycles. The molecule has 0 aliphatic carbocycles. The van der Waals surface area contributed by atoms with Crippen molar-refractivity contribution in [1.29, 1.82) is 5.41 Å². The molecule has 4 rings (SSSR count). The molecule has 0 amide bonds. The lowest BCUT2D eigenvalue weighted by molar-refractivity contribution is 0.425. The van der Waals surface area contributed by atoms with E-state index in [1.165, 1.54) is 8.98 Å². The SMILES string of the molecule is C/C(=N/N(Cc1ccccn1)C(=N)N)c1cn(S(=O)(=O)c2ccccc2)c2ccccc12. The van der Waals surface area contributed by atoms with E-state index in [0.29, 0.717) is 22.5 Å². The summed E-state index contributed by atoms with van der Waals surface area (Å²) in [7, 11) is -3.80. The van der Waals surface area contributed by atoms with E-state index < -0.39 is 10.0 Å². The summed E-state index contributed by atoms with van der Waals surface area (Å²) in [6, 6.07) is 21.0. The minimum absolute atomic E-state index is 0.197. The maximum atomic E-state index is 13.3. The van der Waals surface area contributed by atoms with Crippen LogP contribution in [0.2, 0.25) is 0 Å². The second-order valence-electron chi connectivity index (χ2n) is 7.12. The number of hydrazone groups is 1. The average molecular weight is 447 g/mol. The van der Waals surface area contributed by atoms with Crippen LogP contribution in [0, 0.1) is 5.41 Å². The molecule has 0 unspecified atom stereocenters. The van der Waals surface area contributed by atoms with Crippen molar-refractivity contribution in [2.75, 3.05) is 0 Å². The van der Waals surface area contributed by atoms with Gasteiger partial charge in [0.25, 0.3) is 10.0 Å². The number of para-hydroxylation sites is 1. The third-order valence-electron chi connectivity index (χ3n) is 4.95. The van der Waals surface area contributed by atoms with Crippen molar-refractivity contribution in [2.24, 2.45) is 10.8 Å². The fourth-order valence-corrected chi connectivity index (χ4v) is 4.79. The summed E-state index contributed by atoms with van der Waals surface area (Å²) < 4.78 is 27.9. The molecule has 3 N–H and O–H groups in total. The lowest BCUT2D eigenvalue weighted by Gasteiger charge is -2.17. The maximum Gasteiger partial charge on any atom is 0.268 e. The largest absolute Gasteiger partial charge is 0.369 e. The first-order valence-electron chi connectivity index (χ1n) is 9.85. The highest BCUT2D eigenvalue weighted by Gasteiger charge is 2.22. The van der Waals surface area contributed by atoms with Gasteiger partial charge in [0, 0.05) is 23.3 Å². The predicted molar refractivity (Wildman–Crippen MR) is 125 cm³/mol. The highest BCUT2D eigenvalue weighted by Crippen LogP contribution is 2.26. The van der Waals surface area contributed by atoms with Gasteiger partial charge in [0.15, 0.2) is 0 Å². The lowest BCUT2D eigenvalue weighted by atomic mass is 10.1. The first kappa shape index (κ1) is 21.3. The Morgan fingerprint density at radius 1 is 1.06 bits per heavy atom. The monoisotopic (exact) mass is 446 g/mol. The number of pyridine rings is 1. The molecule has 2 heterocycles. The van der Waals surface area contributed by atoms with Crippen molar-refractivity contribution in [2.45, 2.75) is 18.4 Å². The van der Waals surface area contributed by atoms with E-state index in [-0.39, 0.29) is 17.4 Å². The molecule has 0 saturated carbocycles. The number of nitrogens with zero attached hydrogens (tertiary/aromatic N) is 4. The molecule has 0 atom stereocenters. The van der Waals surface area contributed by atoms with Gasteiger partial charge in [0.1, 0.15) is 0 Å². The highest BCUT2D eigenvalue weighted by atomic mass is 32.2. The van der Waals surface area contributed by atoms with Crippen LogP contribution in [0.15, 0.2) is 95.2 Å². The summed E-state index contributed by atoms with van der Waals surface area (Å²) in [5.41, 5.74) is 8.15. The Labute approximate surface area is 186 Å². The quantitative estimate of drug-likeness (QED) is 0.267. The molecule has 0 radical (unpaired) electrons. The number of rotatable bonds is 6. The Kier molecular flexibility index (Phi) is 5.74. The van der Waals surface area contributed by atoms with Gasteiger partial charge in [-0.25, -0.2) is 17.4 Å². The van der Waals surface area contributed by atoms with Gasteiger partial charge in [-0.3, -0.25) is 10.4 Å². The lowest BCUT2D eigenvalue weighted by Crippen LogP contribution is -2.32. The second-order valence-corrected chi connectivity index (χ2v) is 8.94. The molecule has 0 spiro atoms. The summed E-state index contributed by atoms with van der Waals surface area (Å²) in [6.45, 7) is 1.98. The molecule has 162 valence electrons. The molecule has 2 aromatic carbocycles. The zero-order valence-electron chi connectivity index (χ0n) is 17.4. The Morgan fingerprint density at radius 3 is 2.44 bits per heavy atom. The third kappa shape index (κ3) is 4.10. The number of hydrogen-bond acceptors (Lipinski definition) is 5. The standard InChI is InChI=1S/C23H22N6O2S/c1-17(27-28(23(24)25)15-18-9-7-8-14-26-18)21-16-29(22-13-6-5-12-20(21)22)32(30,31)19-10-3-2-4-11-19/h2-14,16H,15H2,1H3,(H3,24,25)/b27-17-. The van der Waals surface area contributed by atoms with E-state index in [4.69, 9.17) is 11.1 Å². The summed E-state index contributed by atoms with van der Waals surface area (Å²) in [4.78, 5) is 4.45. The summed E-state index contributed by atoms with van der Waals surface area (Å²) in [5, 5.41) is 14.5. The van der Waals surface area contributed by atoms with Crippen LogP contribution in [-0.2, 0) is 16.6 Å². The maximum absolute atomic E-state index is 13.3. The predicted octanol–water partition coefficient (Wildman–Crippen LogP) is 3.39. The van der Waals surface area contributed by atoms with Gasteiger partial charge in [-0.1, -0.05) is 42.5 Å². The molecule has 0 aliphatic rings. The molecule has 32 heavy (non-hydrogen) atoms. The summed E-state index contributed by atoms with van der Waals surface area (Å²) in [6.07, 6.45) is 3.22. The van der Waals surface area contributed by atoms with Crippen molar-refractivity contribution in [1.82, 2.24) is 14.0 Å². The molecule has 2 aromatic heterocycles. The van der Waals surface area contributed by atoms with Gasteiger partial charge in [0.05, 0.1) is 28.4 Å². The van der Waals surface area contributed by atoms with E-state index in [1.54, 1.807) is 67.8 Å². The van der Waals surface area contributed by atoms with Crippen molar-refractivity contribution in [3.8, 4) is 0 Å². The van der Waals surface area contributed by atoms with Gasteiger partial charge < -0.3 is 5.73 Å². The van der Waals surface area contributed by atoms with E-state index in [9.17, 15) is 8.42 Å². The number of fused-ring (bicyclic) bond motifs is 1. The zero-order chi connectivity index (χ0) is 22.7. The van der Waals surface area contributed by atoms with Gasteiger partial charge >= 0.3 is 0 Å². The molecule has 8 nitrogen and oxygen atoms in total. The molecular weight excluding hydrogens is 424 g/mol. The van der Waals surface area contributed by atoms with Crippen LogP contribution in [0.5, 0.6) is 0 Å². The van der Waals surface area contributed by atoms with Crippen LogP contribution in [-0.4, -0.2) is 34.1 Å². The average Bonchev–Trinajstić information content (AvgIpc) is 3.20. The summed E-state index contributed by atoms with van der Waals surface area (Å²) in [5.74, 6) is -0.240. The van der Waals surface area contributed by atoms with Crippen molar-refractivity contribution in [3.05, 3.63) is 96.4 Å². The number of hydrogen-bond donors (Lipinski definition) is 2.